The number of aromatic nitrogens is 3. The van der Waals surface area contributed by atoms with E-state index in [-0.39, 0.29) is 16.1 Å². The molecule has 0 radical (unpaired) electrons. The molecule has 0 atom stereocenters. The smallest absolute Gasteiger partial charge is 0.272 e. The number of nitrogens with one attached hydrogen (secondary N) is 2. The molecule has 0 unspecified atom stereocenters. The first-order valence-corrected chi connectivity index (χ1v) is 8.86. The van der Waals surface area contributed by atoms with Crippen LogP contribution in [0.3, 0.4) is 0 Å². The number of benzene rings is 1. The minimum absolute atomic E-state index is 0.0671. The lowest BCUT2D eigenvalue weighted by atomic mass is 9.92. The maximum Gasteiger partial charge on any atom is 0.272 e. The maximum atomic E-state index is 12.4. The molecule has 0 saturated heterocycles. The summed E-state index contributed by atoms with van der Waals surface area (Å²) < 4.78 is 5.42. The fourth-order valence-corrected chi connectivity index (χ4v) is 2.90. The third-order valence-corrected chi connectivity index (χ3v) is 4.66. The van der Waals surface area contributed by atoms with Crippen molar-refractivity contribution in [3.63, 3.8) is 0 Å². The summed E-state index contributed by atoms with van der Waals surface area (Å²) in [6.07, 6.45) is 4.26. The molecule has 3 aromatic rings. The highest BCUT2D eigenvalue weighted by Gasteiger charge is 2.21. The van der Waals surface area contributed by atoms with Gasteiger partial charge in [-0.05, 0) is 23.8 Å². The highest BCUT2D eigenvalue weighted by molar-refractivity contribution is 6.42. The molecule has 8 heteroatoms. The molecule has 0 amide bonds. The summed E-state index contributed by atoms with van der Waals surface area (Å²) >= 11 is 12.1. The molecule has 3 rings (SSSR count). The van der Waals surface area contributed by atoms with Crippen molar-refractivity contribution in [2.24, 2.45) is 0 Å². The van der Waals surface area contributed by atoms with Crippen molar-refractivity contribution in [3.05, 3.63) is 83.1 Å². The Hall–Kier alpha value is -2.57. The van der Waals surface area contributed by atoms with Crippen molar-refractivity contribution in [3.8, 4) is 0 Å². The monoisotopic (exact) mass is 405 g/mol. The van der Waals surface area contributed by atoms with Crippen molar-refractivity contribution in [2.75, 3.05) is 0 Å². The molecule has 0 bridgehead atoms. The molecule has 140 valence electrons. The average Bonchev–Trinajstić information content (AvgIpc) is 3.05. The molecule has 27 heavy (non-hydrogen) atoms. The third kappa shape index (κ3) is 4.07. The van der Waals surface area contributed by atoms with Crippen LogP contribution in [-0.2, 0) is 5.41 Å². The summed E-state index contributed by atoms with van der Waals surface area (Å²) in [6.45, 7) is 5.89. The van der Waals surface area contributed by atoms with Crippen LogP contribution >= 0.6 is 23.2 Å². The minimum Gasteiger partial charge on any atom is -0.447 e. The van der Waals surface area contributed by atoms with Crippen molar-refractivity contribution in [1.82, 2.24) is 15.0 Å². The molecule has 0 spiro atoms. The molecule has 6 nitrogen and oxygen atoms in total. The molecular formula is C19H17Cl2N3O3. The van der Waals surface area contributed by atoms with Gasteiger partial charge >= 0.3 is 0 Å². The molecule has 0 fully saturated rings. The van der Waals surface area contributed by atoms with E-state index in [1.807, 2.05) is 20.8 Å². The Morgan fingerprint density at radius 2 is 1.67 bits per heavy atom. The normalized spacial score (nSPS) is 13.4. The number of aromatic amines is 2. The van der Waals surface area contributed by atoms with Crippen molar-refractivity contribution < 1.29 is 4.42 Å². The van der Waals surface area contributed by atoms with Crippen LogP contribution in [-0.4, -0.2) is 15.0 Å². The molecule has 1 aromatic carbocycles. The Balaban J connectivity index is 2.16. The zero-order valence-electron chi connectivity index (χ0n) is 14.9. The fourth-order valence-electron chi connectivity index (χ4n) is 2.54. The second-order valence-corrected chi connectivity index (χ2v) is 7.77. The van der Waals surface area contributed by atoms with Crippen LogP contribution in [0.4, 0.5) is 0 Å². The third-order valence-electron chi connectivity index (χ3n) is 3.82. The largest absolute Gasteiger partial charge is 0.447 e. The summed E-state index contributed by atoms with van der Waals surface area (Å²) in [5, 5.41) is 0.800. The van der Waals surface area contributed by atoms with Crippen LogP contribution in [0, 0.1) is 0 Å². The molecule has 2 heterocycles. The van der Waals surface area contributed by atoms with E-state index < -0.39 is 11.1 Å². The van der Waals surface area contributed by atoms with E-state index in [0.717, 1.165) is 0 Å². The number of oxazole rings is 1. The average molecular weight is 406 g/mol. The molecule has 0 aliphatic rings. The summed E-state index contributed by atoms with van der Waals surface area (Å²) in [5.41, 5.74) is -0.238. The van der Waals surface area contributed by atoms with E-state index in [1.54, 1.807) is 18.2 Å². The quantitative estimate of drug-likeness (QED) is 0.683. The first-order chi connectivity index (χ1) is 12.7. The Labute approximate surface area is 164 Å². The van der Waals surface area contributed by atoms with Gasteiger partial charge < -0.3 is 14.4 Å². The van der Waals surface area contributed by atoms with E-state index in [4.69, 9.17) is 27.6 Å². The van der Waals surface area contributed by atoms with Gasteiger partial charge in [0.05, 0.1) is 10.0 Å². The van der Waals surface area contributed by atoms with Gasteiger partial charge in [0, 0.05) is 5.41 Å². The van der Waals surface area contributed by atoms with Crippen LogP contribution < -0.4 is 21.8 Å². The van der Waals surface area contributed by atoms with Gasteiger partial charge in [0.15, 0.2) is 6.39 Å². The molecule has 2 N–H and O–H groups in total. The Kier molecular flexibility index (Phi) is 5.13. The van der Waals surface area contributed by atoms with Crippen LogP contribution in [0.1, 0.15) is 37.8 Å². The summed E-state index contributed by atoms with van der Waals surface area (Å²) in [7, 11) is 0. The highest BCUT2D eigenvalue weighted by Crippen LogP contribution is 2.26. The number of hydrogen-bond acceptors (Lipinski definition) is 4. The SMILES string of the molecule is CC(C)(C)c1ocnc1/C=c1\[nH]c(=O)/c(=C/c2cccc(Cl)c2Cl)[nH]c1=O. The van der Waals surface area contributed by atoms with Crippen molar-refractivity contribution >= 4 is 35.4 Å². The molecule has 0 saturated carbocycles. The number of H-pyrrole nitrogens is 2. The first kappa shape index (κ1) is 19.2. The minimum atomic E-state index is -0.474. The van der Waals surface area contributed by atoms with Crippen LogP contribution in [0.25, 0.3) is 12.2 Å². The second-order valence-electron chi connectivity index (χ2n) is 6.98. The van der Waals surface area contributed by atoms with Crippen LogP contribution in [0.15, 0.2) is 38.6 Å². The van der Waals surface area contributed by atoms with Gasteiger partial charge in [0.25, 0.3) is 11.1 Å². The standard InChI is InChI=1S/C19H17Cl2N3O3/c1-19(2,3)16-12(22-9-27-16)8-14-18(26)23-13(17(25)24-14)7-10-5-4-6-11(20)15(10)21/h4-9H,1-3H3,(H,23,26)(H,24,25)/b13-7-,14-8-. The number of nitrogens with zero attached hydrogens (tertiary/aromatic N) is 1. The Bertz CT molecular complexity index is 1230. The topological polar surface area (TPSA) is 91.8 Å². The van der Waals surface area contributed by atoms with Gasteiger partial charge in [-0.25, -0.2) is 4.98 Å². The lowest BCUT2D eigenvalue weighted by Gasteiger charge is -2.14. The van der Waals surface area contributed by atoms with Crippen molar-refractivity contribution in [2.45, 2.75) is 26.2 Å². The lowest BCUT2D eigenvalue weighted by molar-refractivity contribution is 0.407. The van der Waals surface area contributed by atoms with Gasteiger partial charge in [-0.2, -0.15) is 0 Å². The van der Waals surface area contributed by atoms with E-state index in [1.165, 1.54) is 18.5 Å². The van der Waals surface area contributed by atoms with Crippen molar-refractivity contribution in [1.29, 1.82) is 0 Å². The number of rotatable bonds is 2. The van der Waals surface area contributed by atoms with E-state index in [2.05, 4.69) is 15.0 Å². The van der Waals surface area contributed by atoms with Gasteiger partial charge in [-0.3, -0.25) is 9.59 Å². The summed E-state index contributed by atoms with van der Waals surface area (Å²) in [5.74, 6) is 0.615. The molecule has 2 aromatic heterocycles. The Morgan fingerprint density at radius 3 is 2.30 bits per heavy atom. The number of halogens is 2. The summed E-state index contributed by atoms with van der Waals surface area (Å²) in [4.78, 5) is 34.1. The maximum absolute atomic E-state index is 12.4. The van der Waals surface area contributed by atoms with Gasteiger partial charge in [0.1, 0.15) is 22.2 Å². The van der Waals surface area contributed by atoms with E-state index >= 15 is 0 Å². The lowest BCUT2D eigenvalue weighted by Crippen LogP contribution is -2.46. The summed E-state index contributed by atoms with van der Waals surface area (Å²) in [6, 6.07) is 5.03. The predicted octanol–water partition coefficient (Wildman–Crippen LogP) is 2.31. The molecular weight excluding hydrogens is 389 g/mol. The number of hydrogen-bond donors (Lipinski definition) is 2. The van der Waals surface area contributed by atoms with Gasteiger partial charge in [-0.1, -0.05) is 56.1 Å². The second kappa shape index (κ2) is 7.21. The van der Waals surface area contributed by atoms with Gasteiger partial charge in [0.2, 0.25) is 0 Å². The first-order valence-electron chi connectivity index (χ1n) is 8.11. The van der Waals surface area contributed by atoms with Gasteiger partial charge in [-0.15, -0.1) is 0 Å². The van der Waals surface area contributed by atoms with Crippen LogP contribution in [0.5, 0.6) is 0 Å². The Morgan fingerprint density at radius 1 is 1.04 bits per heavy atom. The highest BCUT2D eigenvalue weighted by atomic mass is 35.5. The van der Waals surface area contributed by atoms with E-state index in [9.17, 15) is 9.59 Å². The molecule has 0 aliphatic heterocycles. The zero-order chi connectivity index (χ0) is 19.8. The zero-order valence-corrected chi connectivity index (χ0v) is 16.4. The molecule has 0 aliphatic carbocycles. The predicted molar refractivity (Wildman–Crippen MR) is 106 cm³/mol. The van der Waals surface area contributed by atoms with E-state index in [0.29, 0.717) is 27.1 Å². The van der Waals surface area contributed by atoms with Crippen LogP contribution in [0.2, 0.25) is 10.0 Å². The fraction of sp³-hybridized carbons (Fsp3) is 0.211.